The summed E-state index contributed by atoms with van der Waals surface area (Å²) in [4.78, 5) is 23.2. The summed E-state index contributed by atoms with van der Waals surface area (Å²) < 4.78 is 28.1. The summed E-state index contributed by atoms with van der Waals surface area (Å²) in [6, 6.07) is 17.5. The van der Waals surface area contributed by atoms with Crippen LogP contribution in [0, 0.1) is 30.9 Å². The van der Waals surface area contributed by atoms with Crippen LogP contribution in [0.25, 0.3) is 0 Å². The highest BCUT2D eigenvalue weighted by molar-refractivity contribution is 7.92. The molecular formula is C25H26N4O5S. The topological polar surface area (TPSA) is 122 Å². The van der Waals surface area contributed by atoms with Gasteiger partial charge in [0.25, 0.3) is 21.6 Å². The van der Waals surface area contributed by atoms with Crippen molar-refractivity contribution < 1.29 is 18.1 Å². The standard InChI is InChI=1S/C25H26N4O5S/c1-17-5-12-23(13-6-17)35(33,34)28(24-14-7-18(2)15-19(24)3)16-25(30)27-26-20(4)21-8-10-22(11-9-21)29(31)32/h5-15H,16H2,1-4H3,(H,27,30)/b26-20-. The van der Waals surface area contributed by atoms with Gasteiger partial charge in [0, 0.05) is 12.1 Å². The number of aryl methyl sites for hydroxylation is 3. The lowest BCUT2D eigenvalue weighted by Gasteiger charge is -2.25. The first-order valence-corrected chi connectivity index (χ1v) is 12.2. The van der Waals surface area contributed by atoms with Crippen LogP contribution in [-0.4, -0.2) is 31.5 Å². The van der Waals surface area contributed by atoms with Crippen molar-refractivity contribution in [2.45, 2.75) is 32.6 Å². The lowest BCUT2D eigenvalue weighted by atomic mass is 10.1. The number of nitrogens with zero attached hydrogens (tertiary/aromatic N) is 3. The van der Waals surface area contributed by atoms with Gasteiger partial charge in [-0.3, -0.25) is 19.2 Å². The van der Waals surface area contributed by atoms with Crippen molar-refractivity contribution >= 4 is 33.0 Å². The average molecular weight is 495 g/mol. The highest BCUT2D eigenvalue weighted by Crippen LogP contribution is 2.27. The van der Waals surface area contributed by atoms with E-state index < -0.39 is 27.4 Å². The summed E-state index contributed by atoms with van der Waals surface area (Å²) >= 11 is 0. The van der Waals surface area contributed by atoms with Gasteiger partial charge in [-0.15, -0.1) is 0 Å². The second kappa shape index (κ2) is 10.5. The number of benzene rings is 3. The van der Waals surface area contributed by atoms with Crippen molar-refractivity contribution in [3.8, 4) is 0 Å². The number of amides is 1. The third kappa shape index (κ3) is 6.10. The minimum atomic E-state index is -4.04. The molecule has 35 heavy (non-hydrogen) atoms. The molecule has 0 unspecified atom stereocenters. The van der Waals surface area contributed by atoms with Crippen molar-refractivity contribution in [2.24, 2.45) is 5.10 Å². The maximum absolute atomic E-state index is 13.5. The molecule has 0 spiro atoms. The molecular weight excluding hydrogens is 468 g/mol. The predicted octanol–water partition coefficient (Wildman–Crippen LogP) is 4.26. The van der Waals surface area contributed by atoms with Crippen molar-refractivity contribution in [3.63, 3.8) is 0 Å². The number of nitro groups is 1. The number of hydrazone groups is 1. The number of non-ortho nitro benzene ring substituents is 1. The van der Waals surface area contributed by atoms with Crippen LogP contribution in [0.15, 0.2) is 76.7 Å². The highest BCUT2D eigenvalue weighted by atomic mass is 32.2. The molecule has 0 fully saturated rings. The van der Waals surface area contributed by atoms with E-state index in [1.807, 2.05) is 19.9 Å². The van der Waals surface area contributed by atoms with Gasteiger partial charge >= 0.3 is 0 Å². The molecule has 3 rings (SSSR count). The summed E-state index contributed by atoms with van der Waals surface area (Å²) in [6.45, 7) is 6.69. The summed E-state index contributed by atoms with van der Waals surface area (Å²) in [5.41, 5.74) is 6.30. The third-order valence-corrected chi connectivity index (χ3v) is 7.14. The first-order chi connectivity index (χ1) is 16.5. The minimum Gasteiger partial charge on any atom is -0.271 e. The molecule has 0 heterocycles. The van der Waals surface area contributed by atoms with Gasteiger partial charge in [0.1, 0.15) is 6.54 Å². The molecule has 0 saturated carbocycles. The van der Waals surface area contributed by atoms with Crippen molar-refractivity contribution in [2.75, 3.05) is 10.8 Å². The number of carbonyl (C=O) groups excluding carboxylic acids is 1. The summed E-state index contributed by atoms with van der Waals surface area (Å²) in [6.07, 6.45) is 0. The normalized spacial score (nSPS) is 11.7. The van der Waals surface area contributed by atoms with Crippen LogP contribution in [0.4, 0.5) is 11.4 Å². The van der Waals surface area contributed by atoms with Crippen molar-refractivity contribution in [1.29, 1.82) is 0 Å². The number of sulfonamides is 1. The quantitative estimate of drug-likeness (QED) is 0.285. The smallest absolute Gasteiger partial charge is 0.269 e. The summed E-state index contributed by atoms with van der Waals surface area (Å²) in [5, 5.41) is 14.9. The second-order valence-corrected chi connectivity index (χ2v) is 10.0. The Balaban J connectivity index is 1.88. The second-order valence-electron chi connectivity index (χ2n) is 8.15. The molecule has 0 bridgehead atoms. The first-order valence-electron chi connectivity index (χ1n) is 10.7. The van der Waals surface area contributed by atoms with Crippen LogP contribution in [0.2, 0.25) is 0 Å². The van der Waals surface area contributed by atoms with E-state index in [-0.39, 0.29) is 10.6 Å². The van der Waals surface area contributed by atoms with E-state index in [0.29, 0.717) is 22.5 Å². The Hall–Kier alpha value is -4.05. The Bertz CT molecular complexity index is 1380. The molecule has 1 N–H and O–H groups in total. The number of hydrogen-bond donors (Lipinski definition) is 1. The van der Waals surface area contributed by atoms with Gasteiger partial charge in [-0.2, -0.15) is 5.10 Å². The van der Waals surface area contributed by atoms with Crippen molar-refractivity contribution in [3.05, 3.63) is 99.1 Å². The van der Waals surface area contributed by atoms with Gasteiger partial charge < -0.3 is 0 Å². The van der Waals surface area contributed by atoms with Gasteiger partial charge in [-0.1, -0.05) is 35.4 Å². The Morgan fingerprint density at radius 2 is 1.57 bits per heavy atom. The monoisotopic (exact) mass is 494 g/mol. The largest absolute Gasteiger partial charge is 0.271 e. The van der Waals surface area contributed by atoms with E-state index >= 15 is 0 Å². The van der Waals surface area contributed by atoms with Crippen LogP contribution in [0.5, 0.6) is 0 Å². The van der Waals surface area contributed by atoms with E-state index in [1.165, 1.54) is 36.4 Å². The number of rotatable bonds is 8. The molecule has 0 aliphatic rings. The minimum absolute atomic E-state index is 0.0593. The third-order valence-electron chi connectivity index (χ3n) is 5.36. The molecule has 0 aliphatic carbocycles. The van der Waals surface area contributed by atoms with E-state index in [0.717, 1.165) is 15.4 Å². The molecule has 3 aromatic carbocycles. The van der Waals surface area contributed by atoms with Crippen LogP contribution in [-0.2, 0) is 14.8 Å². The maximum atomic E-state index is 13.5. The van der Waals surface area contributed by atoms with Gasteiger partial charge in [-0.25, -0.2) is 13.8 Å². The predicted molar refractivity (Wildman–Crippen MR) is 135 cm³/mol. The molecule has 0 aromatic heterocycles. The Morgan fingerprint density at radius 3 is 2.14 bits per heavy atom. The lowest BCUT2D eigenvalue weighted by molar-refractivity contribution is -0.384. The zero-order valence-electron chi connectivity index (χ0n) is 19.8. The molecule has 9 nitrogen and oxygen atoms in total. The SMILES string of the molecule is C/C(=N/NC(=O)CN(c1ccc(C)cc1C)S(=O)(=O)c1ccc(C)cc1)c1ccc([N+](=O)[O-])cc1. The Morgan fingerprint density at radius 1 is 0.971 bits per heavy atom. The van der Waals surface area contributed by atoms with E-state index in [9.17, 15) is 23.3 Å². The van der Waals surface area contributed by atoms with Crippen LogP contribution in [0.1, 0.15) is 29.2 Å². The van der Waals surface area contributed by atoms with E-state index in [4.69, 9.17) is 0 Å². The molecule has 0 saturated heterocycles. The number of nitro benzene ring substituents is 1. The molecule has 0 aliphatic heterocycles. The number of carbonyl (C=O) groups is 1. The molecule has 1 amide bonds. The van der Waals surface area contributed by atoms with Gasteiger partial charge in [-0.05, 0) is 69.2 Å². The first kappa shape index (κ1) is 25.6. The molecule has 182 valence electrons. The number of nitrogens with one attached hydrogen (secondary N) is 1. The van der Waals surface area contributed by atoms with Crippen molar-refractivity contribution in [1.82, 2.24) is 5.43 Å². The zero-order chi connectivity index (χ0) is 25.8. The Labute approximate surface area is 204 Å². The van der Waals surface area contributed by atoms with Crippen LogP contribution >= 0.6 is 0 Å². The highest BCUT2D eigenvalue weighted by Gasteiger charge is 2.28. The molecule has 0 radical (unpaired) electrons. The number of anilines is 1. The van der Waals surface area contributed by atoms with E-state index in [1.54, 1.807) is 38.1 Å². The van der Waals surface area contributed by atoms with Crippen LogP contribution in [0.3, 0.4) is 0 Å². The Kier molecular flexibility index (Phi) is 7.65. The number of hydrogen-bond acceptors (Lipinski definition) is 6. The van der Waals surface area contributed by atoms with Gasteiger partial charge in [0.05, 0.1) is 21.2 Å². The molecule has 3 aromatic rings. The molecule has 0 atom stereocenters. The molecule has 10 heteroatoms. The average Bonchev–Trinajstić information content (AvgIpc) is 2.81. The fourth-order valence-corrected chi connectivity index (χ4v) is 4.91. The van der Waals surface area contributed by atoms with Gasteiger partial charge in [0.2, 0.25) is 0 Å². The maximum Gasteiger partial charge on any atom is 0.269 e. The van der Waals surface area contributed by atoms with Crippen LogP contribution < -0.4 is 9.73 Å². The summed E-state index contributed by atoms with van der Waals surface area (Å²) in [7, 11) is -4.04. The lowest BCUT2D eigenvalue weighted by Crippen LogP contribution is -2.40. The summed E-state index contributed by atoms with van der Waals surface area (Å²) in [5.74, 6) is -0.637. The fourth-order valence-electron chi connectivity index (χ4n) is 3.42. The van der Waals surface area contributed by atoms with E-state index in [2.05, 4.69) is 10.5 Å². The zero-order valence-corrected chi connectivity index (χ0v) is 20.7. The van der Waals surface area contributed by atoms with Gasteiger partial charge in [0.15, 0.2) is 0 Å². The fraction of sp³-hybridized carbons (Fsp3) is 0.200.